The molecule has 0 N–H and O–H groups in total. The number of hydrogen-bond donors (Lipinski definition) is 0. The maximum atomic E-state index is 12.7. The molecule has 3 heterocycles. The van der Waals surface area contributed by atoms with Crippen LogP contribution in [0.15, 0.2) is 16.7 Å². The number of rotatable bonds is 1. The number of aromatic nitrogens is 2. The highest BCUT2D eigenvalue weighted by Gasteiger charge is 2.48. The molecule has 0 saturated carbocycles. The van der Waals surface area contributed by atoms with Gasteiger partial charge < -0.3 is 9.64 Å². The predicted molar refractivity (Wildman–Crippen MR) is 106 cm³/mol. The minimum atomic E-state index is -1.34. The Labute approximate surface area is 163 Å². The molecule has 0 aromatic carbocycles. The molecule has 0 aliphatic carbocycles. The maximum absolute atomic E-state index is 12.7. The van der Waals surface area contributed by atoms with Crippen molar-refractivity contribution in [1.29, 1.82) is 0 Å². The lowest BCUT2D eigenvalue weighted by molar-refractivity contribution is 0.0150. The number of amides is 1. The largest absolute Gasteiger partial charge is 0.444 e. The molecule has 8 heteroatoms. The summed E-state index contributed by atoms with van der Waals surface area (Å²) in [7, 11) is -1.34. The summed E-state index contributed by atoms with van der Waals surface area (Å²) in [6, 6.07) is 1.94. The van der Waals surface area contributed by atoms with Crippen LogP contribution in [-0.4, -0.2) is 54.1 Å². The molecule has 1 saturated heterocycles. The predicted octanol–water partition coefficient (Wildman–Crippen LogP) is 3.17. The van der Waals surface area contributed by atoms with E-state index in [1.807, 2.05) is 52.3 Å². The summed E-state index contributed by atoms with van der Waals surface area (Å²) in [5.41, 5.74) is 1.09. The molecule has 2 aliphatic heterocycles. The minimum Gasteiger partial charge on any atom is -0.444 e. The topological polar surface area (TPSA) is 76.8 Å². The van der Waals surface area contributed by atoms with Gasteiger partial charge in [0.2, 0.25) is 0 Å². The Morgan fingerprint density at radius 3 is 2.41 bits per heavy atom. The highest BCUT2D eigenvalue weighted by atomic mass is 32.2. The van der Waals surface area contributed by atoms with E-state index in [4.69, 9.17) is 4.74 Å². The van der Waals surface area contributed by atoms with E-state index in [1.165, 1.54) is 0 Å². The second-order valence-electron chi connectivity index (χ2n) is 9.42. The molecule has 1 aromatic rings. The standard InChI is InChI=1S/C19H30N4O3S/c1-17(2,3)26-16(24)22-11-8-19(9-12-22)13-23-14(7-10-20-23)15(19)21-27(25)18(4,5)6/h7,10H,8-9,11-13H2,1-6H3/t27-/m1/s1. The summed E-state index contributed by atoms with van der Waals surface area (Å²) < 4.78 is 24.4. The zero-order valence-electron chi connectivity index (χ0n) is 17.1. The van der Waals surface area contributed by atoms with Gasteiger partial charge in [-0.25, -0.2) is 9.00 Å². The van der Waals surface area contributed by atoms with Crippen molar-refractivity contribution in [3.63, 3.8) is 0 Å². The van der Waals surface area contributed by atoms with Crippen molar-refractivity contribution in [3.05, 3.63) is 18.0 Å². The number of carbonyl (C=O) groups is 1. The number of ether oxygens (including phenoxy) is 1. The Morgan fingerprint density at radius 2 is 1.85 bits per heavy atom. The van der Waals surface area contributed by atoms with E-state index in [0.29, 0.717) is 13.1 Å². The molecule has 0 radical (unpaired) electrons. The molecular formula is C19H30N4O3S. The molecule has 0 unspecified atom stereocenters. The Balaban J connectivity index is 1.82. The van der Waals surface area contributed by atoms with Crippen molar-refractivity contribution < 1.29 is 13.7 Å². The molecule has 3 rings (SSSR count). The fraction of sp³-hybridized carbons (Fsp3) is 0.737. The molecule has 1 spiro atoms. The van der Waals surface area contributed by atoms with Crippen molar-refractivity contribution in [1.82, 2.24) is 14.7 Å². The van der Waals surface area contributed by atoms with Crippen molar-refractivity contribution >= 4 is 22.8 Å². The molecule has 7 nitrogen and oxygen atoms in total. The van der Waals surface area contributed by atoms with Crippen LogP contribution in [0, 0.1) is 5.41 Å². The molecule has 2 aliphatic rings. The fourth-order valence-electron chi connectivity index (χ4n) is 3.50. The molecule has 1 amide bonds. The summed E-state index contributed by atoms with van der Waals surface area (Å²) in [5.74, 6) is 0. The van der Waals surface area contributed by atoms with E-state index in [-0.39, 0.29) is 11.5 Å². The van der Waals surface area contributed by atoms with E-state index in [2.05, 4.69) is 9.50 Å². The monoisotopic (exact) mass is 394 g/mol. The van der Waals surface area contributed by atoms with Gasteiger partial charge in [-0.05, 0) is 60.5 Å². The van der Waals surface area contributed by atoms with Crippen LogP contribution in [0.1, 0.15) is 60.1 Å². The number of nitrogens with zero attached hydrogens (tertiary/aromatic N) is 4. The van der Waals surface area contributed by atoms with Gasteiger partial charge in [-0.3, -0.25) is 4.68 Å². The van der Waals surface area contributed by atoms with Crippen LogP contribution >= 0.6 is 0 Å². The minimum absolute atomic E-state index is 0.219. The summed E-state index contributed by atoms with van der Waals surface area (Å²) in [5, 5.41) is 4.40. The summed E-state index contributed by atoms with van der Waals surface area (Å²) in [4.78, 5) is 14.1. The first kappa shape index (κ1) is 20.0. The van der Waals surface area contributed by atoms with E-state index >= 15 is 0 Å². The smallest absolute Gasteiger partial charge is 0.410 e. The normalized spacial score (nSPS) is 22.1. The number of hydrogen-bond acceptors (Lipinski definition) is 4. The third kappa shape index (κ3) is 4.10. The van der Waals surface area contributed by atoms with Gasteiger partial charge in [-0.2, -0.15) is 9.50 Å². The van der Waals surface area contributed by atoms with Gasteiger partial charge in [-0.15, -0.1) is 0 Å². The van der Waals surface area contributed by atoms with E-state index in [9.17, 15) is 9.00 Å². The van der Waals surface area contributed by atoms with Gasteiger partial charge in [0.1, 0.15) is 16.6 Å². The molecule has 1 atom stereocenters. The first-order valence-electron chi connectivity index (χ1n) is 9.43. The number of carbonyl (C=O) groups excluding carboxylic acids is 1. The van der Waals surface area contributed by atoms with E-state index in [0.717, 1.165) is 30.8 Å². The van der Waals surface area contributed by atoms with Gasteiger partial charge >= 0.3 is 6.09 Å². The van der Waals surface area contributed by atoms with Gasteiger partial charge in [0.25, 0.3) is 0 Å². The van der Waals surface area contributed by atoms with Gasteiger partial charge in [0.05, 0.1) is 22.7 Å². The van der Waals surface area contributed by atoms with Gasteiger partial charge in [0, 0.05) is 24.7 Å². The molecule has 150 valence electrons. The Hall–Kier alpha value is -1.70. The average molecular weight is 395 g/mol. The number of fused-ring (bicyclic) bond motifs is 1. The molecule has 1 aromatic heterocycles. The highest BCUT2D eigenvalue weighted by Crippen LogP contribution is 2.42. The summed E-state index contributed by atoms with van der Waals surface area (Å²) >= 11 is 0. The first-order valence-corrected chi connectivity index (χ1v) is 10.5. The third-order valence-corrected chi connectivity index (χ3v) is 6.38. The summed E-state index contributed by atoms with van der Waals surface area (Å²) in [6.07, 6.45) is 3.00. The molecule has 1 fully saturated rings. The second kappa shape index (κ2) is 6.72. The zero-order chi connectivity index (χ0) is 20.0. The summed E-state index contributed by atoms with van der Waals surface area (Å²) in [6.45, 7) is 13.3. The zero-order valence-corrected chi connectivity index (χ0v) is 17.9. The van der Waals surface area contributed by atoms with Crippen LogP contribution in [-0.2, 0) is 22.3 Å². The first-order chi connectivity index (χ1) is 12.4. The third-order valence-electron chi connectivity index (χ3n) is 4.98. The number of piperidine rings is 1. The molecular weight excluding hydrogens is 364 g/mol. The van der Waals surface area contributed by atoms with Gasteiger partial charge in [0.15, 0.2) is 0 Å². The van der Waals surface area contributed by atoms with Crippen LogP contribution in [0.5, 0.6) is 0 Å². The van der Waals surface area contributed by atoms with Crippen LogP contribution < -0.4 is 0 Å². The van der Waals surface area contributed by atoms with Crippen LogP contribution in [0.2, 0.25) is 0 Å². The lowest BCUT2D eigenvalue weighted by atomic mass is 9.75. The van der Waals surface area contributed by atoms with Crippen molar-refractivity contribution in [3.8, 4) is 0 Å². The van der Waals surface area contributed by atoms with E-state index in [1.54, 1.807) is 11.1 Å². The SMILES string of the molecule is CC(C)(C)OC(=O)N1CCC2(CC1)Cn1nccc1C2=N[S@](=O)C(C)(C)C. The number of likely N-dealkylation sites (tertiary alicyclic amines) is 1. The van der Waals surface area contributed by atoms with Crippen molar-refractivity contribution in [2.75, 3.05) is 13.1 Å². The van der Waals surface area contributed by atoms with Crippen LogP contribution in [0.3, 0.4) is 0 Å². The average Bonchev–Trinajstić information content (AvgIpc) is 3.07. The Kier molecular flexibility index (Phi) is 4.99. The maximum Gasteiger partial charge on any atom is 0.410 e. The highest BCUT2D eigenvalue weighted by molar-refractivity contribution is 7.85. The molecule has 0 bridgehead atoms. The second-order valence-corrected chi connectivity index (χ2v) is 11.3. The van der Waals surface area contributed by atoms with Gasteiger partial charge in [-0.1, -0.05) is 0 Å². The quantitative estimate of drug-likeness (QED) is 0.733. The van der Waals surface area contributed by atoms with Crippen molar-refractivity contribution in [2.45, 2.75) is 71.3 Å². The molecule has 27 heavy (non-hydrogen) atoms. The lowest BCUT2D eigenvalue weighted by Crippen LogP contribution is -2.47. The fourth-order valence-corrected chi connectivity index (χ4v) is 4.22. The van der Waals surface area contributed by atoms with Crippen LogP contribution in [0.25, 0.3) is 0 Å². The van der Waals surface area contributed by atoms with E-state index < -0.39 is 21.3 Å². The lowest BCUT2D eigenvalue weighted by Gasteiger charge is -2.39. The Bertz CT molecular complexity index is 778. The Morgan fingerprint density at radius 1 is 1.22 bits per heavy atom. The van der Waals surface area contributed by atoms with Crippen LogP contribution in [0.4, 0.5) is 4.79 Å². The van der Waals surface area contributed by atoms with Crippen molar-refractivity contribution in [2.24, 2.45) is 9.81 Å².